The first-order chi connectivity index (χ1) is 8.13. The standard InChI is InChI=1S/C13H18N2O2/c1-13(10-12(16)17,15-8-2-3-9-15)11-4-6-14-7-5-11/h4-7H,2-3,8-10H2,1H3,(H,16,17). The number of carbonyl (C=O) groups is 1. The highest BCUT2D eigenvalue weighted by Gasteiger charge is 2.37. The first kappa shape index (κ1) is 12.0. The summed E-state index contributed by atoms with van der Waals surface area (Å²) in [6, 6.07) is 3.84. The molecule has 1 saturated heterocycles. The van der Waals surface area contributed by atoms with Crippen molar-refractivity contribution in [1.82, 2.24) is 9.88 Å². The lowest BCUT2D eigenvalue weighted by Crippen LogP contribution is -2.43. The molecule has 0 bridgehead atoms. The lowest BCUT2D eigenvalue weighted by Gasteiger charge is -2.38. The molecule has 1 N–H and O–H groups in total. The van der Waals surface area contributed by atoms with E-state index < -0.39 is 11.5 Å². The molecule has 17 heavy (non-hydrogen) atoms. The minimum absolute atomic E-state index is 0.136. The lowest BCUT2D eigenvalue weighted by molar-refractivity contribution is -0.140. The van der Waals surface area contributed by atoms with Gasteiger partial charge in [-0.15, -0.1) is 0 Å². The molecule has 2 rings (SSSR count). The highest BCUT2D eigenvalue weighted by atomic mass is 16.4. The van der Waals surface area contributed by atoms with E-state index in [0.29, 0.717) is 0 Å². The Kier molecular flexibility index (Phi) is 3.43. The molecule has 1 aromatic heterocycles. The topological polar surface area (TPSA) is 53.4 Å². The van der Waals surface area contributed by atoms with Crippen LogP contribution in [-0.4, -0.2) is 34.0 Å². The summed E-state index contributed by atoms with van der Waals surface area (Å²) in [4.78, 5) is 17.4. The van der Waals surface area contributed by atoms with Crippen molar-refractivity contribution in [2.75, 3.05) is 13.1 Å². The second kappa shape index (κ2) is 4.84. The van der Waals surface area contributed by atoms with Crippen LogP contribution in [0.2, 0.25) is 0 Å². The van der Waals surface area contributed by atoms with E-state index in [0.717, 1.165) is 31.5 Å². The van der Waals surface area contributed by atoms with Gasteiger partial charge in [0, 0.05) is 12.4 Å². The van der Waals surface area contributed by atoms with Crippen molar-refractivity contribution < 1.29 is 9.90 Å². The third-order valence-corrected chi connectivity index (χ3v) is 3.60. The highest BCUT2D eigenvalue weighted by Crippen LogP contribution is 2.34. The lowest BCUT2D eigenvalue weighted by atomic mass is 9.87. The van der Waals surface area contributed by atoms with Gasteiger partial charge in [0.2, 0.25) is 0 Å². The van der Waals surface area contributed by atoms with Gasteiger partial charge in [0.1, 0.15) is 0 Å². The normalized spacial score (nSPS) is 20.1. The largest absolute Gasteiger partial charge is 0.481 e. The zero-order valence-electron chi connectivity index (χ0n) is 10.1. The van der Waals surface area contributed by atoms with Crippen LogP contribution in [0.25, 0.3) is 0 Å². The van der Waals surface area contributed by atoms with Crippen molar-refractivity contribution in [2.45, 2.75) is 31.7 Å². The minimum Gasteiger partial charge on any atom is -0.481 e. The maximum atomic E-state index is 11.1. The van der Waals surface area contributed by atoms with E-state index >= 15 is 0 Å². The summed E-state index contributed by atoms with van der Waals surface area (Å²) in [6.07, 6.45) is 5.90. The smallest absolute Gasteiger partial charge is 0.305 e. The van der Waals surface area contributed by atoms with Crippen LogP contribution in [0.5, 0.6) is 0 Å². The van der Waals surface area contributed by atoms with Crippen molar-refractivity contribution in [3.63, 3.8) is 0 Å². The quantitative estimate of drug-likeness (QED) is 0.864. The van der Waals surface area contributed by atoms with Crippen LogP contribution in [0, 0.1) is 0 Å². The first-order valence-corrected chi connectivity index (χ1v) is 6.00. The number of hydrogen-bond donors (Lipinski definition) is 1. The first-order valence-electron chi connectivity index (χ1n) is 6.00. The van der Waals surface area contributed by atoms with Gasteiger partial charge in [0.25, 0.3) is 0 Å². The Hall–Kier alpha value is -1.42. The number of likely N-dealkylation sites (tertiary alicyclic amines) is 1. The van der Waals surface area contributed by atoms with Crippen LogP contribution < -0.4 is 0 Å². The van der Waals surface area contributed by atoms with Crippen LogP contribution in [0.3, 0.4) is 0 Å². The van der Waals surface area contributed by atoms with Crippen LogP contribution in [0.4, 0.5) is 0 Å². The van der Waals surface area contributed by atoms with E-state index in [1.54, 1.807) is 12.4 Å². The average Bonchev–Trinajstić information content (AvgIpc) is 2.83. The summed E-state index contributed by atoms with van der Waals surface area (Å²) < 4.78 is 0. The summed E-state index contributed by atoms with van der Waals surface area (Å²) in [5.74, 6) is -0.754. The summed E-state index contributed by atoms with van der Waals surface area (Å²) in [7, 11) is 0. The summed E-state index contributed by atoms with van der Waals surface area (Å²) in [6.45, 7) is 3.97. The van der Waals surface area contributed by atoms with Crippen LogP contribution in [0.15, 0.2) is 24.5 Å². The SMILES string of the molecule is CC(CC(=O)O)(c1ccncc1)N1CCCC1. The molecule has 2 heterocycles. The van der Waals surface area contributed by atoms with Gasteiger partial charge in [-0.05, 0) is 50.6 Å². The second-order valence-corrected chi connectivity index (χ2v) is 4.77. The van der Waals surface area contributed by atoms with E-state index in [9.17, 15) is 4.79 Å². The highest BCUT2D eigenvalue weighted by molar-refractivity contribution is 5.68. The monoisotopic (exact) mass is 234 g/mol. The number of rotatable bonds is 4. The summed E-state index contributed by atoms with van der Waals surface area (Å²) >= 11 is 0. The molecule has 92 valence electrons. The van der Waals surface area contributed by atoms with Crippen molar-refractivity contribution in [2.24, 2.45) is 0 Å². The fourth-order valence-corrected chi connectivity index (χ4v) is 2.61. The molecule has 1 fully saturated rings. The second-order valence-electron chi connectivity index (χ2n) is 4.77. The number of pyridine rings is 1. The Morgan fingerprint density at radius 1 is 1.41 bits per heavy atom. The number of aliphatic carboxylic acids is 1. The Labute approximate surface area is 101 Å². The van der Waals surface area contributed by atoms with E-state index in [1.165, 1.54) is 0 Å². The predicted molar refractivity (Wildman–Crippen MR) is 64.6 cm³/mol. The number of nitrogens with zero attached hydrogens (tertiary/aromatic N) is 2. The van der Waals surface area contributed by atoms with Crippen molar-refractivity contribution in [3.05, 3.63) is 30.1 Å². The molecule has 0 aromatic carbocycles. The fourth-order valence-electron chi connectivity index (χ4n) is 2.61. The van der Waals surface area contributed by atoms with Crippen molar-refractivity contribution in [3.8, 4) is 0 Å². The predicted octanol–water partition coefficient (Wildman–Crippen LogP) is 1.87. The fraction of sp³-hybridized carbons (Fsp3) is 0.538. The number of carboxylic acids is 1. The Morgan fingerprint density at radius 3 is 2.53 bits per heavy atom. The van der Waals surface area contributed by atoms with E-state index in [1.807, 2.05) is 19.1 Å². The third-order valence-electron chi connectivity index (χ3n) is 3.60. The van der Waals surface area contributed by atoms with Gasteiger partial charge in [0.05, 0.1) is 12.0 Å². The van der Waals surface area contributed by atoms with Gasteiger partial charge < -0.3 is 5.11 Å². The van der Waals surface area contributed by atoms with Crippen LogP contribution >= 0.6 is 0 Å². The Morgan fingerprint density at radius 2 is 2.00 bits per heavy atom. The Bertz CT molecular complexity index is 388. The third kappa shape index (κ3) is 2.47. The molecular formula is C13H18N2O2. The summed E-state index contributed by atoms with van der Waals surface area (Å²) in [5.41, 5.74) is 0.627. The maximum absolute atomic E-state index is 11.1. The zero-order valence-corrected chi connectivity index (χ0v) is 10.1. The van der Waals surface area contributed by atoms with Gasteiger partial charge in [-0.25, -0.2) is 0 Å². The molecule has 4 nitrogen and oxygen atoms in total. The van der Waals surface area contributed by atoms with Gasteiger partial charge in [0.15, 0.2) is 0 Å². The average molecular weight is 234 g/mol. The van der Waals surface area contributed by atoms with Gasteiger partial charge in [-0.2, -0.15) is 0 Å². The van der Waals surface area contributed by atoms with E-state index in [4.69, 9.17) is 5.11 Å². The zero-order chi connectivity index (χ0) is 12.3. The molecule has 1 unspecified atom stereocenters. The van der Waals surface area contributed by atoms with Crippen molar-refractivity contribution in [1.29, 1.82) is 0 Å². The van der Waals surface area contributed by atoms with Gasteiger partial charge >= 0.3 is 5.97 Å². The molecule has 1 atom stereocenters. The maximum Gasteiger partial charge on any atom is 0.305 e. The van der Waals surface area contributed by atoms with Crippen molar-refractivity contribution >= 4 is 5.97 Å². The molecule has 1 aliphatic rings. The number of hydrogen-bond acceptors (Lipinski definition) is 3. The molecular weight excluding hydrogens is 216 g/mol. The molecule has 1 aromatic rings. The number of carboxylic acid groups (broad SMARTS) is 1. The Balaban J connectivity index is 2.32. The van der Waals surface area contributed by atoms with Crippen LogP contribution in [-0.2, 0) is 10.3 Å². The number of aromatic nitrogens is 1. The molecule has 0 aliphatic carbocycles. The molecule has 0 amide bonds. The van der Waals surface area contributed by atoms with Gasteiger partial charge in [-0.3, -0.25) is 14.7 Å². The summed E-state index contributed by atoms with van der Waals surface area (Å²) in [5, 5.41) is 9.13. The molecule has 0 spiro atoms. The van der Waals surface area contributed by atoms with Crippen LogP contribution in [0.1, 0.15) is 31.7 Å². The van der Waals surface area contributed by atoms with E-state index in [2.05, 4.69) is 9.88 Å². The van der Waals surface area contributed by atoms with Gasteiger partial charge in [-0.1, -0.05) is 0 Å². The van der Waals surface area contributed by atoms with E-state index in [-0.39, 0.29) is 6.42 Å². The molecule has 0 radical (unpaired) electrons. The molecule has 1 aliphatic heterocycles. The molecule has 4 heteroatoms. The minimum atomic E-state index is -0.754. The molecule has 0 saturated carbocycles.